The summed E-state index contributed by atoms with van der Waals surface area (Å²) in [6.45, 7) is 1.16. The minimum Gasteiger partial charge on any atom is -0.465 e. The summed E-state index contributed by atoms with van der Waals surface area (Å²) in [5.41, 5.74) is -2.18. The summed E-state index contributed by atoms with van der Waals surface area (Å²) in [6.07, 6.45) is -2.76. The number of halogens is 2. The average molecular weight is 601 g/mol. The molecule has 3 N–H and O–H groups in total. The zero-order valence-corrected chi connectivity index (χ0v) is 24.2. The third kappa shape index (κ3) is 5.94. The van der Waals surface area contributed by atoms with Gasteiger partial charge in [0.1, 0.15) is 24.2 Å². The molecule has 0 spiro atoms. The van der Waals surface area contributed by atoms with E-state index in [1.165, 1.54) is 17.8 Å². The number of alkyl halides is 2. The molecule has 0 amide bonds. The van der Waals surface area contributed by atoms with Gasteiger partial charge in [0.15, 0.2) is 35.0 Å². The summed E-state index contributed by atoms with van der Waals surface area (Å²) in [5.74, 6) is -2.68. The van der Waals surface area contributed by atoms with Crippen LogP contribution in [0.25, 0.3) is 11.2 Å². The number of nitrogens with zero attached hydrogens (tertiary/aromatic N) is 4. The maximum atomic E-state index is 16.2. The van der Waals surface area contributed by atoms with Gasteiger partial charge < -0.3 is 28.9 Å². The predicted molar refractivity (Wildman–Crippen MR) is 146 cm³/mol. The van der Waals surface area contributed by atoms with Crippen LogP contribution in [-0.4, -0.2) is 74.5 Å². The summed E-state index contributed by atoms with van der Waals surface area (Å²) in [7, 11) is 1.64. The highest BCUT2D eigenvalue weighted by atomic mass is 32.5. The first-order valence-electron chi connectivity index (χ1n) is 12.4. The normalized spacial score (nSPS) is 26.8. The molecule has 0 saturated carbocycles. The molecule has 1 aliphatic rings. The number of rotatable bonds is 11. The van der Waals surface area contributed by atoms with Gasteiger partial charge >= 0.3 is 12.6 Å². The fourth-order valence-corrected chi connectivity index (χ4v) is 6.57. The Balaban J connectivity index is 1.61. The number of imidazole rings is 1. The fraction of sp³-hybridized carbons (Fsp3) is 0.500. The highest BCUT2D eigenvalue weighted by molar-refractivity contribution is 8.09. The van der Waals surface area contributed by atoms with E-state index in [0.29, 0.717) is 17.2 Å². The van der Waals surface area contributed by atoms with Gasteiger partial charge in [-0.2, -0.15) is 0 Å². The Morgan fingerprint density at radius 2 is 2.02 bits per heavy atom. The molecule has 1 aliphatic heterocycles. The van der Waals surface area contributed by atoms with Crippen LogP contribution in [0.15, 0.2) is 36.7 Å². The number of ether oxygens (including phenoxy) is 2. The lowest BCUT2D eigenvalue weighted by Gasteiger charge is -2.30. The van der Waals surface area contributed by atoms with E-state index < -0.39 is 49.1 Å². The molecule has 4 rings (SSSR count). The van der Waals surface area contributed by atoms with E-state index in [1.807, 2.05) is 0 Å². The number of benzene rings is 1. The number of hydrogen-bond acceptors (Lipinski definition) is 11. The van der Waals surface area contributed by atoms with Gasteiger partial charge in [-0.05, 0) is 51.6 Å². The van der Waals surface area contributed by atoms with Gasteiger partial charge in [-0.25, -0.2) is 28.8 Å². The molecule has 3 heterocycles. The summed E-state index contributed by atoms with van der Waals surface area (Å²) in [6, 6.07) is 7.32. The molecule has 40 heavy (non-hydrogen) atoms. The monoisotopic (exact) mass is 600 g/mol. The number of para-hydroxylation sites is 1. The minimum atomic E-state index is -3.69. The highest BCUT2D eigenvalue weighted by Gasteiger charge is 2.65. The van der Waals surface area contributed by atoms with Gasteiger partial charge in [0.05, 0.1) is 12.9 Å². The number of anilines is 1. The molecule has 0 unspecified atom stereocenters. The average Bonchev–Trinajstić information content (AvgIpc) is 3.40. The Hall–Kier alpha value is -2.81. The number of carbonyl (C=O) groups is 1. The second-order valence-corrected chi connectivity index (χ2v) is 12.4. The molecule has 12 nitrogen and oxygen atoms in total. The van der Waals surface area contributed by atoms with Gasteiger partial charge in [-0.1, -0.05) is 18.2 Å². The van der Waals surface area contributed by atoms with Crippen molar-refractivity contribution in [3.63, 3.8) is 0 Å². The topological polar surface area (TPSA) is 142 Å². The van der Waals surface area contributed by atoms with Crippen LogP contribution in [-0.2, 0) is 30.6 Å². The van der Waals surface area contributed by atoms with Crippen molar-refractivity contribution in [1.82, 2.24) is 24.6 Å². The molecule has 6 atom stereocenters. The number of aliphatic hydroxyl groups excluding tert-OH is 1. The van der Waals surface area contributed by atoms with Gasteiger partial charge in [-0.15, -0.1) is 0 Å². The molecule has 218 valence electrons. The van der Waals surface area contributed by atoms with Crippen molar-refractivity contribution in [2.75, 3.05) is 25.6 Å². The van der Waals surface area contributed by atoms with Crippen LogP contribution < -0.4 is 14.9 Å². The van der Waals surface area contributed by atoms with Gasteiger partial charge in [0.25, 0.3) is 5.85 Å². The number of aromatic nitrogens is 4. The molecule has 16 heteroatoms. The lowest BCUT2D eigenvalue weighted by molar-refractivity contribution is -0.202. The van der Waals surface area contributed by atoms with Gasteiger partial charge in [0.2, 0.25) is 0 Å². The van der Waals surface area contributed by atoms with E-state index in [4.69, 9.17) is 30.3 Å². The first-order valence-corrected chi connectivity index (χ1v) is 15.0. The van der Waals surface area contributed by atoms with Crippen LogP contribution in [0.5, 0.6) is 5.75 Å². The molecule has 0 bridgehead atoms. The number of nitrogens with one attached hydrogen (secondary N) is 2. The SMILES string of the molecule is CCOC(=O)[C@@H](C)N[P@](=S)(OC[C@@]1(F)O[C@@H](n2cnc3c(NC)nc(C)nc32)[C@](C)(F)[C@@H]1O)Oc1ccccc1. The van der Waals surface area contributed by atoms with Crippen molar-refractivity contribution in [3.05, 3.63) is 42.5 Å². The zero-order chi connectivity index (χ0) is 29.3. The Bertz CT molecular complexity index is 1420. The standard InChI is InChI=1S/C24H31F2N6O6PS/c1-6-35-20(33)14(2)31-39(40,38-16-10-8-7-9-11-16)36-12-24(26)21(34)23(4,25)22(37-24)32-13-28-17-18(27-5)29-15(3)30-19(17)32/h7-11,13-14,21-22,34H,6,12H2,1-5H3,(H,31,40)(H,27,29,30)/t14-,21+,22-,23-,24-,39+/m1/s1. The van der Waals surface area contributed by atoms with E-state index in [1.54, 1.807) is 51.2 Å². The molecular weight excluding hydrogens is 569 g/mol. The molecule has 3 aromatic rings. The highest BCUT2D eigenvalue weighted by Crippen LogP contribution is 2.52. The lowest BCUT2D eigenvalue weighted by atomic mass is 9.97. The van der Waals surface area contributed by atoms with Crippen molar-refractivity contribution in [3.8, 4) is 5.75 Å². The molecule has 1 fully saturated rings. The van der Waals surface area contributed by atoms with Crippen LogP contribution in [0.4, 0.5) is 14.6 Å². The fourth-order valence-electron chi connectivity index (χ4n) is 4.17. The molecule has 1 aromatic carbocycles. The van der Waals surface area contributed by atoms with Crippen LogP contribution in [0, 0.1) is 6.92 Å². The second kappa shape index (κ2) is 11.6. The maximum Gasteiger partial charge on any atom is 0.323 e. The Kier molecular flexibility index (Phi) is 8.74. The Morgan fingerprint density at radius 3 is 2.67 bits per heavy atom. The number of carbonyl (C=O) groups excluding carboxylic acids is 1. The lowest BCUT2D eigenvalue weighted by Crippen LogP contribution is -2.47. The molecule has 0 radical (unpaired) electrons. The van der Waals surface area contributed by atoms with E-state index in [9.17, 15) is 9.90 Å². The first kappa shape index (κ1) is 30.2. The first-order chi connectivity index (χ1) is 18.8. The summed E-state index contributed by atoms with van der Waals surface area (Å²) >= 11 is 5.57. The van der Waals surface area contributed by atoms with Crippen LogP contribution in [0.1, 0.15) is 32.8 Å². The van der Waals surface area contributed by atoms with Crippen molar-refractivity contribution in [2.45, 2.75) is 57.6 Å². The summed E-state index contributed by atoms with van der Waals surface area (Å²) < 4.78 is 55.5. The van der Waals surface area contributed by atoms with Crippen molar-refractivity contribution in [2.24, 2.45) is 0 Å². The molecule has 0 aliphatic carbocycles. The molecular formula is C24H31F2N6O6PS. The van der Waals surface area contributed by atoms with Gasteiger partial charge in [0, 0.05) is 7.05 Å². The Labute approximate surface area is 234 Å². The van der Waals surface area contributed by atoms with Gasteiger partial charge in [-0.3, -0.25) is 9.36 Å². The quantitative estimate of drug-likeness (QED) is 0.220. The predicted octanol–water partition coefficient (Wildman–Crippen LogP) is 3.32. The number of aliphatic hydroxyl groups is 1. The number of aryl methyl sites for hydroxylation is 1. The van der Waals surface area contributed by atoms with E-state index in [2.05, 4.69) is 25.4 Å². The van der Waals surface area contributed by atoms with Crippen LogP contribution in [0.2, 0.25) is 0 Å². The largest absolute Gasteiger partial charge is 0.465 e. The summed E-state index contributed by atoms with van der Waals surface area (Å²) in [4.78, 5) is 25.0. The maximum absolute atomic E-state index is 16.2. The minimum absolute atomic E-state index is 0.126. The number of hydrogen-bond donors (Lipinski definition) is 3. The smallest absolute Gasteiger partial charge is 0.323 e. The second-order valence-electron chi connectivity index (χ2n) is 9.28. The zero-order valence-electron chi connectivity index (χ0n) is 22.5. The molecule has 2 aromatic heterocycles. The van der Waals surface area contributed by atoms with Crippen molar-refractivity contribution < 1.29 is 37.2 Å². The van der Waals surface area contributed by atoms with Crippen LogP contribution >= 0.6 is 6.64 Å². The number of esters is 1. The third-order valence-electron chi connectivity index (χ3n) is 6.15. The van der Waals surface area contributed by atoms with Crippen molar-refractivity contribution >= 4 is 41.4 Å². The third-order valence-corrected chi connectivity index (χ3v) is 8.63. The van der Waals surface area contributed by atoms with Crippen molar-refractivity contribution in [1.29, 1.82) is 0 Å². The summed E-state index contributed by atoms with van der Waals surface area (Å²) in [5, 5.41) is 16.4. The number of fused-ring (bicyclic) bond motifs is 1. The Morgan fingerprint density at radius 1 is 1.32 bits per heavy atom. The van der Waals surface area contributed by atoms with E-state index in [0.717, 1.165) is 6.92 Å². The van der Waals surface area contributed by atoms with E-state index in [-0.39, 0.29) is 18.0 Å². The van der Waals surface area contributed by atoms with Crippen LogP contribution in [0.3, 0.4) is 0 Å². The molecule has 1 saturated heterocycles. The van der Waals surface area contributed by atoms with E-state index >= 15 is 8.78 Å².